The van der Waals surface area contributed by atoms with Crippen LogP contribution in [-0.4, -0.2) is 31.8 Å². The highest BCUT2D eigenvalue weighted by molar-refractivity contribution is 7.99. The molecule has 0 aliphatic heterocycles. The van der Waals surface area contributed by atoms with E-state index in [0.29, 0.717) is 5.16 Å². The summed E-state index contributed by atoms with van der Waals surface area (Å²) < 4.78 is 1.18. The molecule has 0 bridgehead atoms. The Morgan fingerprint density at radius 2 is 1.96 bits per heavy atom. The Bertz CT molecular complexity index is 1100. The van der Waals surface area contributed by atoms with E-state index in [4.69, 9.17) is 4.98 Å². The van der Waals surface area contributed by atoms with Gasteiger partial charge in [0, 0.05) is 11.3 Å². The maximum Gasteiger partial charge on any atom is 0.234 e. The molecule has 0 fully saturated rings. The van der Waals surface area contributed by atoms with Gasteiger partial charge in [-0.15, -0.1) is 16.4 Å². The zero-order valence-corrected chi connectivity index (χ0v) is 16.4. The highest BCUT2D eigenvalue weighted by atomic mass is 32.2. The monoisotopic (exact) mass is 395 g/mol. The lowest BCUT2D eigenvalue weighted by Gasteiger charge is -2.05. The minimum absolute atomic E-state index is 0.0920. The Morgan fingerprint density at radius 1 is 1.15 bits per heavy atom. The number of nitrogens with zero attached hydrogens (tertiary/aromatic N) is 3. The summed E-state index contributed by atoms with van der Waals surface area (Å²) in [5.74, 6) is 0.903. The van der Waals surface area contributed by atoms with Crippen LogP contribution in [0.25, 0.3) is 20.8 Å². The van der Waals surface area contributed by atoms with Crippen molar-refractivity contribution in [1.82, 2.24) is 20.2 Å². The topological polar surface area (TPSA) is 83.6 Å². The molecule has 4 rings (SSSR count). The molecule has 27 heavy (non-hydrogen) atoms. The molecule has 0 aliphatic carbocycles. The number of thiazole rings is 1. The van der Waals surface area contributed by atoms with Crippen LogP contribution in [0.1, 0.15) is 11.4 Å². The van der Waals surface area contributed by atoms with Crippen LogP contribution in [0.4, 0.5) is 5.69 Å². The summed E-state index contributed by atoms with van der Waals surface area (Å²) in [5, 5.41) is 11.2. The van der Waals surface area contributed by atoms with Crippen molar-refractivity contribution in [3.05, 3.63) is 53.9 Å². The first-order valence-electron chi connectivity index (χ1n) is 8.36. The number of amides is 1. The number of anilines is 1. The Hall–Kier alpha value is -2.71. The third kappa shape index (κ3) is 4.17. The molecular formula is C19H17N5OS2. The standard InChI is InChI=1S/C19H17N5OS2/c1-11-3-8-15-16(9-11)27-18(22-15)13-4-6-14(7-5-13)21-17(25)10-26-19-20-12(2)23-24-19/h3-9H,10H2,1-2H3,(H,21,25)(H,20,23,24). The van der Waals surface area contributed by atoms with Crippen molar-refractivity contribution >= 4 is 44.9 Å². The first-order chi connectivity index (χ1) is 13.1. The third-order valence-corrected chi connectivity index (χ3v) is 5.78. The van der Waals surface area contributed by atoms with E-state index in [2.05, 4.69) is 39.6 Å². The zero-order valence-electron chi connectivity index (χ0n) is 14.8. The maximum atomic E-state index is 12.1. The number of rotatable bonds is 5. The molecule has 2 aromatic carbocycles. The predicted octanol–water partition coefficient (Wildman–Crippen LogP) is 4.43. The van der Waals surface area contributed by atoms with Gasteiger partial charge >= 0.3 is 0 Å². The lowest BCUT2D eigenvalue weighted by molar-refractivity contribution is -0.113. The van der Waals surface area contributed by atoms with Gasteiger partial charge in [0.15, 0.2) is 0 Å². The summed E-state index contributed by atoms with van der Waals surface area (Å²) in [6.45, 7) is 3.91. The average Bonchev–Trinajstić information content (AvgIpc) is 3.26. The van der Waals surface area contributed by atoms with Gasteiger partial charge in [0.05, 0.1) is 16.0 Å². The Kier molecular flexibility index (Phi) is 4.91. The minimum Gasteiger partial charge on any atom is -0.325 e. The van der Waals surface area contributed by atoms with E-state index in [1.807, 2.05) is 37.3 Å². The van der Waals surface area contributed by atoms with Gasteiger partial charge in [-0.05, 0) is 55.8 Å². The zero-order chi connectivity index (χ0) is 18.8. The van der Waals surface area contributed by atoms with Crippen molar-refractivity contribution in [3.8, 4) is 10.6 Å². The second-order valence-electron chi connectivity index (χ2n) is 6.11. The molecule has 8 heteroatoms. The van der Waals surface area contributed by atoms with Crippen LogP contribution in [-0.2, 0) is 4.79 Å². The number of nitrogens with one attached hydrogen (secondary N) is 2. The molecule has 1 amide bonds. The summed E-state index contributed by atoms with van der Waals surface area (Å²) >= 11 is 2.97. The van der Waals surface area contributed by atoms with Gasteiger partial charge in [0.25, 0.3) is 0 Å². The van der Waals surface area contributed by atoms with Gasteiger partial charge in [-0.1, -0.05) is 17.8 Å². The number of carbonyl (C=O) groups excluding carboxylic acids is 1. The highest BCUT2D eigenvalue weighted by Crippen LogP contribution is 2.31. The van der Waals surface area contributed by atoms with E-state index in [1.165, 1.54) is 22.0 Å². The molecule has 6 nitrogen and oxygen atoms in total. The normalized spacial score (nSPS) is 11.0. The van der Waals surface area contributed by atoms with Crippen molar-refractivity contribution in [1.29, 1.82) is 0 Å². The van der Waals surface area contributed by atoms with Crippen molar-refractivity contribution in [2.45, 2.75) is 19.0 Å². The second-order valence-corrected chi connectivity index (χ2v) is 8.08. The lowest BCUT2D eigenvalue weighted by atomic mass is 10.2. The minimum atomic E-state index is -0.0920. The van der Waals surface area contributed by atoms with Crippen molar-refractivity contribution in [2.24, 2.45) is 0 Å². The van der Waals surface area contributed by atoms with Crippen LogP contribution in [0.2, 0.25) is 0 Å². The molecule has 2 heterocycles. The van der Waals surface area contributed by atoms with Crippen molar-refractivity contribution < 1.29 is 4.79 Å². The first-order valence-corrected chi connectivity index (χ1v) is 10.2. The van der Waals surface area contributed by atoms with Gasteiger partial charge in [-0.25, -0.2) is 9.97 Å². The molecular weight excluding hydrogens is 378 g/mol. The van der Waals surface area contributed by atoms with Gasteiger partial charge in [-0.2, -0.15) is 0 Å². The van der Waals surface area contributed by atoms with E-state index < -0.39 is 0 Å². The number of hydrogen-bond acceptors (Lipinski definition) is 6. The van der Waals surface area contributed by atoms with Gasteiger partial charge in [0.1, 0.15) is 10.8 Å². The lowest BCUT2D eigenvalue weighted by Crippen LogP contribution is -2.14. The van der Waals surface area contributed by atoms with E-state index in [-0.39, 0.29) is 11.7 Å². The largest absolute Gasteiger partial charge is 0.325 e. The number of carbonyl (C=O) groups is 1. The highest BCUT2D eigenvalue weighted by Gasteiger charge is 2.09. The van der Waals surface area contributed by atoms with Gasteiger partial charge in [-0.3, -0.25) is 9.89 Å². The molecule has 0 spiro atoms. The molecule has 0 saturated heterocycles. The number of aromatic nitrogens is 4. The predicted molar refractivity (Wildman–Crippen MR) is 110 cm³/mol. The van der Waals surface area contributed by atoms with Crippen LogP contribution in [0.3, 0.4) is 0 Å². The second kappa shape index (κ2) is 7.50. The molecule has 0 aliphatic rings. The molecule has 136 valence electrons. The Labute approximate surface area is 164 Å². The summed E-state index contributed by atoms with van der Waals surface area (Å²) in [6, 6.07) is 14.0. The van der Waals surface area contributed by atoms with E-state index in [1.54, 1.807) is 11.3 Å². The van der Waals surface area contributed by atoms with Crippen LogP contribution in [0.15, 0.2) is 47.6 Å². The third-order valence-electron chi connectivity index (χ3n) is 3.87. The smallest absolute Gasteiger partial charge is 0.234 e. The van der Waals surface area contributed by atoms with E-state index in [0.717, 1.165) is 27.6 Å². The SMILES string of the molecule is Cc1ccc2nc(-c3ccc(NC(=O)CSc4n[nH]c(C)n4)cc3)sc2c1. The fourth-order valence-corrected chi connectivity index (χ4v) is 4.28. The molecule has 0 saturated carbocycles. The van der Waals surface area contributed by atoms with Crippen molar-refractivity contribution in [2.75, 3.05) is 11.1 Å². The first kappa shape index (κ1) is 17.7. The fourth-order valence-electron chi connectivity index (χ4n) is 2.57. The molecule has 0 radical (unpaired) electrons. The molecule has 0 atom stereocenters. The van der Waals surface area contributed by atoms with Crippen LogP contribution >= 0.6 is 23.1 Å². The fraction of sp³-hybridized carbons (Fsp3) is 0.158. The quantitative estimate of drug-likeness (QED) is 0.489. The molecule has 2 N–H and O–H groups in total. The van der Waals surface area contributed by atoms with E-state index >= 15 is 0 Å². The van der Waals surface area contributed by atoms with Crippen molar-refractivity contribution in [3.63, 3.8) is 0 Å². The molecule has 4 aromatic rings. The van der Waals surface area contributed by atoms with Crippen LogP contribution in [0.5, 0.6) is 0 Å². The van der Waals surface area contributed by atoms with Gasteiger partial charge < -0.3 is 5.32 Å². The maximum absolute atomic E-state index is 12.1. The number of hydrogen-bond donors (Lipinski definition) is 2. The number of benzene rings is 2. The Balaban J connectivity index is 1.41. The Morgan fingerprint density at radius 3 is 2.70 bits per heavy atom. The number of fused-ring (bicyclic) bond motifs is 1. The summed E-state index contributed by atoms with van der Waals surface area (Å²) in [6.07, 6.45) is 0. The number of thioether (sulfide) groups is 1. The van der Waals surface area contributed by atoms with E-state index in [9.17, 15) is 4.79 Å². The average molecular weight is 396 g/mol. The summed E-state index contributed by atoms with van der Waals surface area (Å²) in [4.78, 5) is 20.9. The van der Waals surface area contributed by atoms with Crippen LogP contribution in [0, 0.1) is 13.8 Å². The van der Waals surface area contributed by atoms with Crippen LogP contribution < -0.4 is 5.32 Å². The summed E-state index contributed by atoms with van der Waals surface area (Å²) in [7, 11) is 0. The van der Waals surface area contributed by atoms with Gasteiger partial charge in [0.2, 0.25) is 11.1 Å². The number of aromatic amines is 1. The summed E-state index contributed by atoms with van der Waals surface area (Å²) in [5.41, 5.74) is 4.04. The molecule has 2 aromatic heterocycles. The molecule has 0 unspecified atom stereocenters. The number of H-pyrrole nitrogens is 1. The number of aryl methyl sites for hydroxylation is 2.